The van der Waals surface area contributed by atoms with Gasteiger partial charge in [-0.15, -0.1) is 0 Å². The van der Waals surface area contributed by atoms with Crippen molar-refractivity contribution in [3.63, 3.8) is 0 Å². The molecule has 1 N–H and O–H groups in total. The summed E-state index contributed by atoms with van der Waals surface area (Å²) in [6.45, 7) is 5.81. The van der Waals surface area contributed by atoms with Crippen molar-refractivity contribution in [2.45, 2.75) is 39.6 Å². The minimum Gasteiger partial charge on any atom is -0.489 e. The fraction of sp³-hybridized carbons (Fsp3) is 0.222. The summed E-state index contributed by atoms with van der Waals surface area (Å²) >= 11 is 0. The number of rotatable bonds is 7. The Morgan fingerprint density at radius 2 is 1.32 bits per heavy atom. The van der Waals surface area contributed by atoms with Crippen LogP contribution in [0.1, 0.15) is 43.0 Å². The number of nitrogens with zero attached hydrogens (tertiary/aromatic N) is 2. The van der Waals surface area contributed by atoms with Crippen LogP contribution in [0.15, 0.2) is 66.7 Å². The number of amides is 1. The Bertz CT molecular complexity index is 1170. The zero-order chi connectivity index (χ0) is 24.6. The van der Waals surface area contributed by atoms with Gasteiger partial charge in [0.15, 0.2) is 0 Å². The predicted molar refractivity (Wildman–Crippen MR) is 127 cm³/mol. The van der Waals surface area contributed by atoms with Crippen LogP contribution in [0.25, 0.3) is 0 Å². The Balaban J connectivity index is 1.79. The summed E-state index contributed by atoms with van der Waals surface area (Å²) in [6, 6.07) is 23.5. The molecule has 0 radical (unpaired) electrons. The minimum absolute atomic E-state index is 0.231. The number of ether oxygens (including phenoxy) is 3. The van der Waals surface area contributed by atoms with E-state index in [4.69, 9.17) is 24.7 Å². The summed E-state index contributed by atoms with van der Waals surface area (Å²) in [5, 5.41) is 20.9. The molecule has 7 heteroatoms. The molecule has 0 aliphatic rings. The first-order valence-corrected chi connectivity index (χ1v) is 10.6. The van der Waals surface area contributed by atoms with Crippen molar-refractivity contribution < 1.29 is 19.0 Å². The molecule has 3 aromatic carbocycles. The molecule has 0 atom stereocenters. The third-order valence-corrected chi connectivity index (χ3v) is 4.45. The summed E-state index contributed by atoms with van der Waals surface area (Å²) in [5.74, 6) is 0.938. The first-order chi connectivity index (χ1) is 16.2. The first-order valence-electron chi connectivity index (χ1n) is 10.6. The highest BCUT2D eigenvalue weighted by molar-refractivity contribution is 5.85. The number of nitriles is 2. The maximum Gasteiger partial charge on any atom is 0.412 e. The Morgan fingerprint density at radius 1 is 0.824 bits per heavy atom. The zero-order valence-electron chi connectivity index (χ0n) is 19.3. The summed E-state index contributed by atoms with van der Waals surface area (Å²) in [7, 11) is 0. The highest BCUT2D eigenvalue weighted by Gasteiger charge is 2.17. The Labute approximate surface area is 199 Å². The van der Waals surface area contributed by atoms with Gasteiger partial charge in [-0.2, -0.15) is 10.5 Å². The molecule has 0 aliphatic carbocycles. The molecule has 0 spiro atoms. The van der Waals surface area contributed by atoms with E-state index in [1.54, 1.807) is 75.4 Å². The molecule has 172 valence electrons. The van der Waals surface area contributed by atoms with E-state index in [0.29, 0.717) is 28.3 Å². The Morgan fingerprint density at radius 3 is 1.76 bits per heavy atom. The SMILES string of the molecule is CC(C)(C)OC(=O)Nc1cc(OCc2cccc(C#N)c2)cc(OCc2cccc(C#N)c2)c1. The van der Waals surface area contributed by atoms with Gasteiger partial charge in [0, 0.05) is 18.2 Å². The highest BCUT2D eigenvalue weighted by atomic mass is 16.6. The van der Waals surface area contributed by atoms with E-state index in [1.165, 1.54) is 0 Å². The number of hydrogen-bond donors (Lipinski definition) is 1. The summed E-state index contributed by atoms with van der Waals surface area (Å²) in [6.07, 6.45) is -0.598. The van der Waals surface area contributed by atoms with Gasteiger partial charge in [-0.1, -0.05) is 24.3 Å². The lowest BCUT2D eigenvalue weighted by Crippen LogP contribution is -2.27. The van der Waals surface area contributed by atoms with Crippen LogP contribution >= 0.6 is 0 Å². The number of carbonyl (C=O) groups excluding carboxylic acids is 1. The van der Waals surface area contributed by atoms with Gasteiger partial charge < -0.3 is 14.2 Å². The molecule has 0 bridgehead atoms. The highest BCUT2D eigenvalue weighted by Crippen LogP contribution is 2.28. The fourth-order valence-corrected chi connectivity index (χ4v) is 3.03. The third-order valence-electron chi connectivity index (χ3n) is 4.45. The van der Waals surface area contributed by atoms with Crippen LogP contribution in [-0.4, -0.2) is 11.7 Å². The van der Waals surface area contributed by atoms with Crippen molar-refractivity contribution in [1.29, 1.82) is 10.5 Å². The topological polar surface area (TPSA) is 104 Å². The van der Waals surface area contributed by atoms with Gasteiger partial charge in [0.25, 0.3) is 0 Å². The molecule has 7 nitrogen and oxygen atoms in total. The molecule has 34 heavy (non-hydrogen) atoms. The maximum absolute atomic E-state index is 12.3. The van der Waals surface area contributed by atoms with Gasteiger partial charge in [-0.25, -0.2) is 4.79 Å². The number of hydrogen-bond acceptors (Lipinski definition) is 6. The van der Waals surface area contributed by atoms with Gasteiger partial charge in [-0.05, 0) is 56.2 Å². The summed E-state index contributed by atoms with van der Waals surface area (Å²) < 4.78 is 17.2. The number of anilines is 1. The van der Waals surface area contributed by atoms with Crippen LogP contribution in [0.3, 0.4) is 0 Å². The van der Waals surface area contributed by atoms with Crippen molar-refractivity contribution in [3.05, 3.63) is 89.0 Å². The average Bonchev–Trinajstić information content (AvgIpc) is 2.80. The van der Waals surface area contributed by atoms with Gasteiger partial charge >= 0.3 is 6.09 Å². The summed E-state index contributed by atoms with van der Waals surface area (Å²) in [5.41, 5.74) is 2.56. The molecule has 0 saturated heterocycles. The van der Waals surface area contributed by atoms with Gasteiger partial charge in [0.05, 0.1) is 29.0 Å². The zero-order valence-corrected chi connectivity index (χ0v) is 19.3. The van der Waals surface area contributed by atoms with E-state index in [9.17, 15) is 4.79 Å². The average molecular weight is 456 g/mol. The molecule has 3 aromatic rings. The summed E-state index contributed by atoms with van der Waals surface area (Å²) in [4.78, 5) is 12.3. The van der Waals surface area contributed by atoms with Gasteiger partial charge in [0.1, 0.15) is 30.3 Å². The molecule has 3 rings (SSSR count). The Hall–Kier alpha value is -4.49. The monoisotopic (exact) mass is 455 g/mol. The van der Waals surface area contributed by atoms with Crippen molar-refractivity contribution in [2.75, 3.05) is 5.32 Å². The lowest BCUT2D eigenvalue weighted by molar-refractivity contribution is 0.0636. The molecular formula is C27H25N3O4. The van der Waals surface area contributed by atoms with Crippen molar-refractivity contribution in [3.8, 4) is 23.6 Å². The number of carbonyl (C=O) groups is 1. The number of nitrogens with one attached hydrogen (secondary N) is 1. The lowest BCUT2D eigenvalue weighted by atomic mass is 10.1. The second kappa shape index (κ2) is 10.9. The minimum atomic E-state index is -0.644. The van der Waals surface area contributed by atoms with Crippen LogP contribution in [0, 0.1) is 22.7 Å². The van der Waals surface area contributed by atoms with Gasteiger partial charge in [0.2, 0.25) is 0 Å². The molecular weight excluding hydrogens is 430 g/mol. The van der Waals surface area contributed by atoms with E-state index in [1.807, 2.05) is 12.1 Å². The first kappa shape index (κ1) is 24.2. The van der Waals surface area contributed by atoms with E-state index >= 15 is 0 Å². The van der Waals surface area contributed by atoms with E-state index < -0.39 is 11.7 Å². The predicted octanol–water partition coefficient (Wildman–Crippen LogP) is 5.93. The largest absolute Gasteiger partial charge is 0.489 e. The van der Waals surface area contributed by atoms with Crippen molar-refractivity contribution in [1.82, 2.24) is 0 Å². The van der Waals surface area contributed by atoms with Crippen LogP contribution in [-0.2, 0) is 18.0 Å². The molecule has 0 unspecified atom stereocenters. The quantitative estimate of drug-likeness (QED) is 0.473. The van der Waals surface area contributed by atoms with Crippen LogP contribution in [0.2, 0.25) is 0 Å². The fourth-order valence-electron chi connectivity index (χ4n) is 3.03. The smallest absolute Gasteiger partial charge is 0.412 e. The molecule has 0 aliphatic heterocycles. The Kier molecular flexibility index (Phi) is 7.74. The number of benzene rings is 3. The lowest BCUT2D eigenvalue weighted by Gasteiger charge is -2.20. The molecule has 0 fully saturated rings. The van der Waals surface area contributed by atoms with Crippen LogP contribution in [0.4, 0.5) is 10.5 Å². The molecule has 0 saturated carbocycles. The van der Waals surface area contributed by atoms with Crippen molar-refractivity contribution >= 4 is 11.8 Å². The van der Waals surface area contributed by atoms with E-state index in [-0.39, 0.29) is 13.2 Å². The molecule has 0 aromatic heterocycles. The normalized spacial score (nSPS) is 10.5. The standard InChI is InChI=1S/C27H25N3O4/c1-27(2,3)34-26(31)30-23-12-24(32-17-21-8-4-6-19(10-21)15-28)14-25(13-23)33-18-22-9-5-7-20(11-22)16-29/h4-14H,17-18H2,1-3H3,(H,30,31). The van der Waals surface area contributed by atoms with Gasteiger partial charge in [-0.3, -0.25) is 5.32 Å². The van der Waals surface area contributed by atoms with E-state index in [2.05, 4.69) is 17.5 Å². The second-order valence-corrected chi connectivity index (χ2v) is 8.52. The molecule has 1 amide bonds. The van der Waals surface area contributed by atoms with E-state index in [0.717, 1.165) is 11.1 Å². The van der Waals surface area contributed by atoms with Crippen LogP contribution in [0.5, 0.6) is 11.5 Å². The maximum atomic E-state index is 12.3. The third kappa shape index (κ3) is 7.58. The van der Waals surface area contributed by atoms with Crippen molar-refractivity contribution in [2.24, 2.45) is 0 Å². The second-order valence-electron chi connectivity index (χ2n) is 8.52. The molecule has 0 heterocycles. The van der Waals surface area contributed by atoms with Crippen LogP contribution < -0.4 is 14.8 Å².